The lowest BCUT2D eigenvalue weighted by Crippen LogP contribution is -2.18. The minimum absolute atomic E-state index is 0.0425. The number of aromatic nitrogens is 3. The van der Waals surface area contributed by atoms with Crippen molar-refractivity contribution in [3.8, 4) is 0 Å². The fourth-order valence-corrected chi connectivity index (χ4v) is 4.44. The molecule has 0 aliphatic rings. The van der Waals surface area contributed by atoms with Gasteiger partial charge in [0.2, 0.25) is 0 Å². The van der Waals surface area contributed by atoms with Crippen molar-refractivity contribution >= 4 is 50.4 Å². The molecule has 3 aromatic heterocycles. The van der Waals surface area contributed by atoms with Crippen LogP contribution in [0.1, 0.15) is 29.3 Å². The fourth-order valence-electron chi connectivity index (χ4n) is 2.78. The summed E-state index contributed by atoms with van der Waals surface area (Å²) in [5, 5.41) is 1.000. The minimum Gasteiger partial charge on any atom is -0.454 e. The average Bonchev–Trinajstić information content (AvgIpc) is 3.20. The number of rotatable bonds is 5. The van der Waals surface area contributed by atoms with Crippen LogP contribution in [0.25, 0.3) is 21.3 Å². The summed E-state index contributed by atoms with van der Waals surface area (Å²) in [6.07, 6.45) is -0.670. The molecule has 7 nitrogen and oxygen atoms in total. The van der Waals surface area contributed by atoms with Crippen molar-refractivity contribution in [2.75, 3.05) is 5.75 Å². The fraction of sp³-hybridized carbons (Fsp3) is 0.263. The van der Waals surface area contributed by atoms with Crippen molar-refractivity contribution in [3.05, 3.63) is 50.9 Å². The second-order valence-corrected chi connectivity index (χ2v) is 8.41. The molecule has 0 fully saturated rings. The Morgan fingerprint density at radius 2 is 2.11 bits per heavy atom. The third-order valence-electron chi connectivity index (χ3n) is 4.34. The van der Waals surface area contributed by atoms with Crippen LogP contribution in [0, 0.1) is 13.8 Å². The Hall–Kier alpha value is -2.65. The molecular formula is C19H17N3O4S2. The first-order chi connectivity index (χ1) is 13.4. The first-order valence-electron chi connectivity index (χ1n) is 8.60. The highest BCUT2D eigenvalue weighted by Gasteiger charge is 2.19. The second kappa shape index (κ2) is 7.40. The van der Waals surface area contributed by atoms with Gasteiger partial charge in [0.25, 0.3) is 10.8 Å². The lowest BCUT2D eigenvalue weighted by atomic mass is 10.2. The van der Waals surface area contributed by atoms with Gasteiger partial charge in [0.15, 0.2) is 17.5 Å². The van der Waals surface area contributed by atoms with E-state index in [1.54, 1.807) is 6.92 Å². The lowest BCUT2D eigenvalue weighted by Gasteiger charge is -2.12. The van der Waals surface area contributed by atoms with E-state index in [1.807, 2.05) is 38.1 Å². The van der Waals surface area contributed by atoms with Gasteiger partial charge in [-0.25, -0.2) is 9.97 Å². The van der Waals surface area contributed by atoms with E-state index in [0.717, 1.165) is 27.7 Å². The second-order valence-electron chi connectivity index (χ2n) is 6.28. The maximum absolute atomic E-state index is 12.4. The molecule has 1 N–H and O–H groups in total. The summed E-state index contributed by atoms with van der Waals surface area (Å²) >= 11 is 2.62. The van der Waals surface area contributed by atoms with Gasteiger partial charge >= 0.3 is 5.97 Å². The molecule has 0 spiro atoms. The number of aryl methyl sites for hydroxylation is 2. The normalized spacial score (nSPS) is 12.5. The summed E-state index contributed by atoms with van der Waals surface area (Å²) in [5.41, 5.74) is 2.12. The molecule has 28 heavy (non-hydrogen) atoms. The first kappa shape index (κ1) is 18.7. The molecule has 0 radical (unpaired) electrons. The molecule has 0 saturated heterocycles. The number of nitrogens with one attached hydrogen (secondary N) is 1. The van der Waals surface area contributed by atoms with E-state index >= 15 is 0 Å². The molecule has 144 valence electrons. The number of carbonyl (C=O) groups excluding carboxylic acids is 1. The number of hydrogen-bond donors (Lipinski definition) is 1. The van der Waals surface area contributed by atoms with E-state index in [4.69, 9.17) is 9.15 Å². The lowest BCUT2D eigenvalue weighted by molar-refractivity contribution is -0.145. The van der Waals surface area contributed by atoms with Crippen LogP contribution in [0.5, 0.6) is 0 Å². The number of oxazole rings is 1. The molecule has 1 aromatic carbocycles. The van der Waals surface area contributed by atoms with E-state index in [0.29, 0.717) is 26.8 Å². The number of nitrogens with zero attached hydrogens (tertiary/aromatic N) is 2. The smallest absolute Gasteiger partial charge is 0.317 e. The molecule has 0 amide bonds. The van der Waals surface area contributed by atoms with Gasteiger partial charge in [-0.1, -0.05) is 23.9 Å². The highest BCUT2D eigenvalue weighted by atomic mass is 32.2. The van der Waals surface area contributed by atoms with Gasteiger partial charge in [0, 0.05) is 4.88 Å². The zero-order valence-corrected chi connectivity index (χ0v) is 17.1. The molecule has 4 rings (SSSR count). The molecule has 0 aliphatic carbocycles. The van der Waals surface area contributed by atoms with Gasteiger partial charge in [-0.2, -0.15) is 0 Å². The molecule has 4 aromatic rings. The molecule has 0 aliphatic heterocycles. The van der Waals surface area contributed by atoms with Crippen molar-refractivity contribution < 1.29 is 13.9 Å². The zero-order valence-electron chi connectivity index (χ0n) is 15.4. The number of thioether (sulfide) groups is 1. The van der Waals surface area contributed by atoms with E-state index in [-0.39, 0.29) is 11.3 Å². The largest absolute Gasteiger partial charge is 0.454 e. The number of para-hydroxylation sites is 2. The summed E-state index contributed by atoms with van der Waals surface area (Å²) in [6.45, 7) is 5.53. The minimum atomic E-state index is -0.670. The van der Waals surface area contributed by atoms with Crippen LogP contribution in [-0.2, 0) is 9.53 Å². The van der Waals surface area contributed by atoms with Gasteiger partial charge < -0.3 is 14.1 Å². The van der Waals surface area contributed by atoms with Crippen LogP contribution >= 0.6 is 23.1 Å². The van der Waals surface area contributed by atoms with E-state index in [1.165, 1.54) is 11.3 Å². The van der Waals surface area contributed by atoms with Crippen molar-refractivity contribution in [2.24, 2.45) is 0 Å². The van der Waals surface area contributed by atoms with E-state index < -0.39 is 12.1 Å². The van der Waals surface area contributed by atoms with Gasteiger partial charge in [0.05, 0.1) is 5.39 Å². The van der Waals surface area contributed by atoms with Crippen LogP contribution in [0.15, 0.2) is 38.7 Å². The molecular weight excluding hydrogens is 398 g/mol. The number of benzene rings is 1. The third kappa shape index (κ3) is 3.55. The summed E-state index contributed by atoms with van der Waals surface area (Å²) in [5.74, 6) is -0.0686. The molecule has 0 saturated carbocycles. The predicted octanol–water partition coefficient (Wildman–Crippen LogP) is 4.14. The van der Waals surface area contributed by atoms with Crippen molar-refractivity contribution in [2.45, 2.75) is 32.1 Å². The molecule has 0 bridgehead atoms. The number of fused-ring (bicyclic) bond motifs is 2. The molecule has 0 unspecified atom stereocenters. The Bertz CT molecular complexity index is 1210. The SMILES string of the molecule is Cc1sc2nc([C@@H](C)OC(=O)CSc3nc4ccccc4o3)[nH]c(=O)c2c1C. The molecule has 1 atom stereocenters. The predicted molar refractivity (Wildman–Crippen MR) is 109 cm³/mol. The Kier molecular flexibility index (Phi) is 4.94. The van der Waals surface area contributed by atoms with Crippen molar-refractivity contribution in [1.82, 2.24) is 15.0 Å². The third-order valence-corrected chi connectivity index (χ3v) is 6.24. The van der Waals surface area contributed by atoms with Gasteiger partial charge in [-0.15, -0.1) is 11.3 Å². The average molecular weight is 415 g/mol. The van der Waals surface area contributed by atoms with Gasteiger partial charge in [-0.05, 0) is 38.5 Å². The van der Waals surface area contributed by atoms with Crippen LogP contribution in [0.2, 0.25) is 0 Å². The van der Waals surface area contributed by atoms with Gasteiger partial charge in [0.1, 0.15) is 16.1 Å². The Balaban J connectivity index is 1.44. The number of ether oxygens (including phenoxy) is 1. The van der Waals surface area contributed by atoms with Crippen LogP contribution in [-0.4, -0.2) is 26.7 Å². The van der Waals surface area contributed by atoms with E-state index in [2.05, 4.69) is 15.0 Å². The summed E-state index contributed by atoms with van der Waals surface area (Å²) in [6, 6.07) is 7.39. The van der Waals surface area contributed by atoms with Crippen molar-refractivity contribution in [3.63, 3.8) is 0 Å². The topological polar surface area (TPSA) is 98.1 Å². The van der Waals surface area contributed by atoms with Crippen LogP contribution in [0.3, 0.4) is 0 Å². The maximum Gasteiger partial charge on any atom is 0.317 e. The maximum atomic E-state index is 12.4. The number of H-pyrrole nitrogens is 1. The molecule has 3 heterocycles. The summed E-state index contributed by atoms with van der Waals surface area (Å²) in [7, 11) is 0. The number of thiophene rings is 1. The zero-order chi connectivity index (χ0) is 19.8. The number of carbonyl (C=O) groups is 1. The Labute approximate surface area is 168 Å². The Morgan fingerprint density at radius 1 is 1.32 bits per heavy atom. The quantitative estimate of drug-likeness (QED) is 0.386. The van der Waals surface area contributed by atoms with Crippen molar-refractivity contribution in [1.29, 1.82) is 0 Å². The van der Waals surface area contributed by atoms with E-state index in [9.17, 15) is 9.59 Å². The first-order valence-corrected chi connectivity index (χ1v) is 10.4. The van der Waals surface area contributed by atoms with Gasteiger partial charge in [-0.3, -0.25) is 9.59 Å². The monoisotopic (exact) mass is 415 g/mol. The number of aromatic amines is 1. The van der Waals surface area contributed by atoms with Crippen LogP contribution < -0.4 is 5.56 Å². The highest BCUT2D eigenvalue weighted by molar-refractivity contribution is 7.99. The van der Waals surface area contributed by atoms with Crippen LogP contribution in [0.4, 0.5) is 0 Å². The Morgan fingerprint density at radius 3 is 2.89 bits per heavy atom. The summed E-state index contributed by atoms with van der Waals surface area (Å²) < 4.78 is 11.0. The summed E-state index contributed by atoms with van der Waals surface area (Å²) in [4.78, 5) is 37.8. The molecule has 9 heteroatoms. The number of esters is 1. The highest BCUT2D eigenvalue weighted by Crippen LogP contribution is 2.27. The number of hydrogen-bond acceptors (Lipinski definition) is 8. The standard InChI is InChI=1S/C19H17N3O4S2/c1-9-11(3)28-18-15(9)17(24)21-16(22-18)10(2)25-14(23)8-27-19-20-12-6-4-5-7-13(12)26-19/h4-7,10H,8H2,1-3H3,(H,21,22,24)/t10-/m1/s1.